The quantitative estimate of drug-likeness (QED) is 0.822. The number of rotatable bonds is 7. The topological polar surface area (TPSA) is 41.5 Å². The third kappa shape index (κ3) is 4.31. The fraction of sp³-hybridized carbons (Fsp3) is 0.333. The highest BCUT2D eigenvalue weighted by molar-refractivity contribution is 5.34. The molecule has 0 fully saturated rings. The van der Waals surface area contributed by atoms with Gasteiger partial charge in [-0.1, -0.05) is 42.5 Å². The second-order valence-corrected chi connectivity index (χ2v) is 5.22. The maximum atomic E-state index is 9.34. The molecule has 0 aromatic heterocycles. The standard InChI is InChI=1S/C18H23NO2/c1-14(11-15-7-5-6-10-18(15)21-2)19-12-16-8-3-4-9-17(16)13-20/h3-10,14,19-20H,11-13H2,1-2H3. The second-order valence-electron chi connectivity index (χ2n) is 5.22. The van der Waals surface area contributed by atoms with Crippen molar-refractivity contribution < 1.29 is 9.84 Å². The minimum Gasteiger partial charge on any atom is -0.496 e. The highest BCUT2D eigenvalue weighted by atomic mass is 16.5. The number of aliphatic hydroxyl groups excluding tert-OH is 1. The van der Waals surface area contributed by atoms with Gasteiger partial charge in [0.25, 0.3) is 0 Å². The summed E-state index contributed by atoms with van der Waals surface area (Å²) in [4.78, 5) is 0. The van der Waals surface area contributed by atoms with E-state index in [-0.39, 0.29) is 6.61 Å². The number of para-hydroxylation sites is 1. The fourth-order valence-electron chi connectivity index (χ4n) is 2.44. The van der Waals surface area contributed by atoms with E-state index < -0.39 is 0 Å². The van der Waals surface area contributed by atoms with E-state index in [2.05, 4.69) is 18.3 Å². The van der Waals surface area contributed by atoms with Gasteiger partial charge in [0.15, 0.2) is 0 Å². The summed E-state index contributed by atoms with van der Waals surface area (Å²) in [5.74, 6) is 0.932. The van der Waals surface area contributed by atoms with E-state index in [1.54, 1.807) is 7.11 Å². The molecule has 0 bridgehead atoms. The first-order valence-electron chi connectivity index (χ1n) is 7.27. The SMILES string of the molecule is COc1ccccc1CC(C)NCc1ccccc1CO. The maximum absolute atomic E-state index is 9.34. The first-order chi connectivity index (χ1) is 10.2. The fourth-order valence-corrected chi connectivity index (χ4v) is 2.44. The highest BCUT2D eigenvalue weighted by Crippen LogP contribution is 2.19. The number of methoxy groups -OCH3 is 1. The molecule has 0 saturated heterocycles. The van der Waals surface area contributed by atoms with Crippen molar-refractivity contribution in [2.75, 3.05) is 7.11 Å². The maximum Gasteiger partial charge on any atom is 0.122 e. The average molecular weight is 285 g/mol. The summed E-state index contributed by atoms with van der Waals surface area (Å²) in [6.07, 6.45) is 0.908. The molecule has 0 aliphatic heterocycles. The number of hydrogen-bond acceptors (Lipinski definition) is 3. The predicted molar refractivity (Wildman–Crippen MR) is 85.4 cm³/mol. The van der Waals surface area contributed by atoms with E-state index >= 15 is 0 Å². The summed E-state index contributed by atoms with van der Waals surface area (Å²) in [5, 5.41) is 12.8. The molecule has 0 aliphatic carbocycles. The van der Waals surface area contributed by atoms with Crippen molar-refractivity contribution in [3.63, 3.8) is 0 Å². The van der Waals surface area contributed by atoms with Gasteiger partial charge in [0.2, 0.25) is 0 Å². The third-order valence-electron chi connectivity index (χ3n) is 3.65. The van der Waals surface area contributed by atoms with Crippen LogP contribution in [0, 0.1) is 0 Å². The molecule has 3 nitrogen and oxygen atoms in total. The Morgan fingerprint density at radius 2 is 1.62 bits per heavy atom. The molecule has 1 atom stereocenters. The van der Waals surface area contributed by atoms with Crippen molar-refractivity contribution in [3.05, 3.63) is 65.2 Å². The Morgan fingerprint density at radius 1 is 1.00 bits per heavy atom. The predicted octanol–water partition coefficient (Wildman–Crippen LogP) is 2.91. The van der Waals surface area contributed by atoms with Crippen LogP contribution in [0.1, 0.15) is 23.6 Å². The van der Waals surface area contributed by atoms with Crippen LogP contribution in [-0.4, -0.2) is 18.3 Å². The Labute approximate surface area is 126 Å². The molecule has 21 heavy (non-hydrogen) atoms. The number of nitrogens with one attached hydrogen (secondary N) is 1. The van der Waals surface area contributed by atoms with Crippen molar-refractivity contribution in [1.82, 2.24) is 5.32 Å². The minimum absolute atomic E-state index is 0.0821. The summed E-state index contributed by atoms with van der Waals surface area (Å²) in [7, 11) is 1.70. The zero-order chi connectivity index (χ0) is 15.1. The van der Waals surface area contributed by atoms with E-state index in [9.17, 15) is 5.11 Å². The monoisotopic (exact) mass is 285 g/mol. The summed E-state index contributed by atoms with van der Waals surface area (Å²) >= 11 is 0. The number of ether oxygens (including phenoxy) is 1. The number of hydrogen-bond donors (Lipinski definition) is 2. The Kier molecular flexibility index (Phi) is 5.78. The van der Waals surface area contributed by atoms with E-state index in [1.807, 2.05) is 42.5 Å². The number of aliphatic hydroxyl groups is 1. The Hall–Kier alpha value is -1.84. The van der Waals surface area contributed by atoms with Gasteiger partial charge in [0.1, 0.15) is 5.75 Å². The molecule has 0 amide bonds. The highest BCUT2D eigenvalue weighted by Gasteiger charge is 2.08. The van der Waals surface area contributed by atoms with Gasteiger partial charge in [-0.05, 0) is 36.1 Å². The van der Waals surface area contributed by atoms with Gasteiger partial charge in [-0.2, -0.15) is 0 Å². The van der Waals surface area contributed by atoms with Gasteiger partial charge in [0, 0.05) is 12.6 Å². The van der Waals surface area contributed by atoms with Crippen LogP contribution in [0.2, 0.25) is 0 Å². The molecule has 112 valence electrons. The summed E-state index contributed by atoms with van der Waals surface area (Å²) in [6, 6.07) is 16.4. The lowest BCUT2D eigenvalue weighted by Crippen LogP contribution is -2.28. The smallest absolute Gasteiger partial charge is 0.122 e. The van der Waals surface area contributed by atoms with Crippen LogP contribution in [0.4, 0.5) is 0 Å². The first-order valence-corrected chi connectivity index (χ1v) is 7.27. The van der Waals surface area contributed by atoms with Crippen molar-refractivity contribution in [2.45, 2.75) is 32.5 Å². The lowest BCUT2D eigenvalue weighted by atomic mass is 10.0. The van der Waals surface area contributed by atoms with Crippen molar-refractivity contribution >= 4 is 0 Å². The van der Waals surface area contributed by atoms with Crippen molar-refractivity contribution in [3.8, 4) is 5.75 Å². The van der Waals surface area contributed by atoms with Gasteiger partial charge >= 0.3 is 0 Å². The molecule has 0 saturated carbocycles. The Balaban J connectivity index is 1.94. The van der Waals surface area contributed by atoms with Crippen LogP contribution in [0.5, 0.6) is 5.75 Å². The minimum atomic E-state index is 0.0821. The third-order valence-corrected chi connectivity index (χ3v) is 3.65. The molecule has 2 rings (SSSR count). The lowest BCUT2D eigenvalue weighted by molar-refractivity contribution is 0.280. The van der Waals surface area contributed by atoms with E-state index in [4.69, 9.17) is 4.74 Å². The van der Waals surface area contributed by atoms with E-state index in [1.165, 1.54) is 5.56 Å². The summed E-state index contributed by atoms with van der Waals surface area (Å²) < 4.78 is 5.38. The molecule has 2 aromatic carbocycles. The van der Waals surface area contributed by atoms with Crippen molar-refractivity contribution in [1.29, 1.82) is 0 Å². The molecular weight excluding hydrogens is 262 g/mol. The van der Waals surface area contributed by atoms with Crippen LogP contribution < -0.4 is 10.1 Å². The lowest BCUT2D eigenvalue weighted by Gasteiger charge is -2.17. The van der Waals surface area contributed by atoms with Gasteiger partial charge in [0.05, 0.1) is 13.7 Å². The zero-order valence-corrected chi connectivity index (χ0v) is 12.7. The molecule has 2 aromatic rings. The summed E-state index contributed by atoms with van der Waals surface area (Å²) in [5.41, 5.74) is 3.33. The average Bonchev–Trinajstić information content (AvgIpc) is 2.53. The Bertz CT molecular complexity index is 569. The molecule has 0 heterocycles. The van der Waals surface area contributed by atoms with Crippen LogP contribution in [-0.2, 0) is 19.6 Å². The normalized spacial score (nSPS) is 12.1. The van der Waals surface area contributed by atoms with Crippen LogP contribution in [0.15, 0.2) is 48.5 Å². The Morgan fingerprint density at radius 3 is 2.29 bits per heavy atom. The van der Waals surface area contributed by atoms with Gasteiger partial charge in [-0.15, -0.1) is 0 Å². The molecular formula is C18H23NO2. The van der Waals surface area contributed by atoms with Crippen molar-refractivity contribution in [2.24, 2.45) is 0 Å². The molecule has 2 N–H and O–H groups in total. The summed E-state index contributed by atoms with van der Waals surface area (Å²) in [6.45, 7) is 3.00. The molecule has 0 radical (unpaired) electrons. The first kappa shape index (κ1) is 15.5. The molecule has 0 aliphatic rings. The van der Waals surface area contributed by atoms with Gasteiger partial charge in [-0.25, -0.2) is 0 Å². The van der Waals surface area contributed by atoms with Gasteiger partial charge < -0.3 is 15.2 Å². The van der Waals surface area contributed by atoms with E-state index in [0.717, 1.165) is 29.8 Å². The van der Waals surface area contributed by atoms with E-state index in [0.29, 0.717) is 6.04 Å². The zero-order valence-electron chi connectivity index (χ0n) is 12.7. The van der Waals surface area contributed by atoms with Gasteiger partial charge in [-0.3, -0.25) is 0 Å². The number of benzene rings is 2. The molecule has 0 spiro atoms. The molecule has 3 heteroatoms. The second kappa shape index (κ2) is 7.81. The molecule has 1 unspecified atom stereocenters. The van der Waals surface area contributed by atoms with Crippen LogP contribution >= 0.6 is 0 Å². The van der Waals surface area contributed by atoms with Crippen LogP contribution in [0.25, 0.3) is 0 Å². The largest absolute Gasteiger partial charge is 0.496 e. The van der Waals surface area contributed by atoms with Crippen LogP contribution in [0.3, 0.4) is 0 Å².